The zero-order valence-electron chi connectivity index (χ0n) is 18.5. The molecule has 1 heterocycles. The molecule has 1 aromatic heterocycles. The molecule has 0 aliphatic heterocycles. The molecule has 4 rings (SSSR count). The maximum atomic E-state index is 15.1. The number of nitrogens with zero attached hydrogens (tertiary/aromatic N) is 3. The summed E-state index contributed by atoms with van der Waals surface area (Å²) in [6, 6.07) is 3.53. The summed E-state index contributed by atoms with van der Waals surface area (Å²) < 4.78 is 94.4. The van der Waals surface area contributed by atoms with Gasteiger partial charge < -0.3 is 14.8 Å². The van der Waals surface area contributed by atoms with Crippen LogP contribution in [0.5, 0.6) is 11.8 Å². The number of carbonyl (C=O) groups is 1. The average Bonchev–Trinajstić information content (AvgIpc) is 3.62. The molecule has 0 saturated heterocycles. The van der Waals surface area contributed by atoms with Crippen LogP contribution >= 0.6 is 0 Å². The number of methoxy groups -OCH3 is 1. The smallest absolute Gasteiger partial charge is 0.353 e. The molecule has 1 N–H and O–H groups in total. The van der Waals surface area contributed by atoms with Gasteiger partial charge in [-0.2, -0.15) is 4.68 Å². The minimum Gasteiger partial charge on any atom is -0.481 e. The second-order valence-corrected chi connectivity index (χ2v) is 7.78. The number of rotatable bonds is 9. The Bertz CT molecular complexity index is 1330. The third-order valence-corrected chi connectivity index (χ3v) is 5.31. The Hall–Kier alpha value is -3.97. The molecule has 0 radical (unpaired) electrons. The van der Waals surface area contributed by atoms with E-state index >= 15 is 4.39 Å². The van der Waals surface area contributed by atoms with Gasteiger partial charge in [-0.15, -0.1) is 5.10 Å². The van der Waals surface area contributed by atoms with Gasteiger partial charge in [0.2, 0.25) is 0 Å². The van der Waals surface area contributed by atoms with Crippen molar-refractivity contribution < 1.29 is 40.6 Å². The molecule has 1 saturated carbocycles. The number of alkyl halides is 3. The zero-order valence-corrected chi connectivity index (χ0v) is 18.5. The van der Waals surface area contributed by atoms with Crippen molar-refractivity contribution in [3.05, 3.63) is 63.8 Å². The summed E-state index contributed by atoms with van der Waals surface area (Å²) in [7, 11) is 1.24. The zero-order chi connectivity index (χ0) is 26.1. The molecule has 0 unspecified atom stereocenters. The van der Waals surface area contributed by atoms with Crippen molar-refractivity contribution in [3.63, 3.8) is 0 Å². The van der Waals surface area contributed by atoms with Crippen LogP contribution in [0.25, 0.3) is 5.69 Å². The summed E-state index contributed by atoms with van der Waals surface area (Å²) in [5, 5.41) is 5.76. The number of benzene rings is 2. The van der Waals surface area contributed by atoms with E-state index in [1.54, 1.807) is 0 Å². The fourth-order valence-electron chi connectivity index (χ4n) is 3.39. The molecule has 192 valence electrons. The fraction of sp³-hybridized carbons (Fsp3) is 0.318. The van der Waals surface area contributed by atoms with Gasteiger partial charge in [0.25, 0.3) is 12.3 Å². The van der Waals surface area contributed by atoms with E-state index in [2.05, 4.69) is 5.10 Å². The minimum absolute atomic E-state index is 0.143. The second kappa shape index (κ2) is 9.95. The fourth-order valence-corrected chi connectivity index (χ4v) is 3.39. The molecule has 1 aliphatic carbocycles. The van der Waals surface area contributed by atoms with Crippen molar-refractivity contribution in [1.29, 1.82) is 0 Å². The summed E-state index contributed by atoms with van der Waals surface area (Å²) in [5.41, 5.74) is -3.12. The maximum Gasteiger partial charge on any atom is 0.353 e. The van der Waals surface area contributed by atoms with Gasteiger partial charge >= 0.3 is 11.7 Å². The van der Waals surface area contributed by atoms with Crippen molar-refractivity contribution in [2.45, 2.75) is 31.4 Å². The monoisotopic (exact) mass is 516 g/mol. The van der Waals surface area contributed by atoms with Gasteiger partial charge in [0.1, 0.15) is 41.3 Å². The SMILES string of the molecule is COc1nn(-c2cc(O[C@@H](CF)C(F)F)c(C(=O)Nc3c(F)cccc3F)cc2F)c(=O)n1C1CC1. The molecule has 2 aromatic carbocycles. The van der Waals surface area contributed by atoms with E-state index in [4.69, 9.17) is 9.47 Å². The lowest BCUT2D eigenvalue weighted by molar-refractivity contribution is -0.00158. The number of hydrogen-bond donors (Lipinski definition) is 1. The van der Waals surface area contributed by atoms with Crippen molar-refractivity contribution in [2.75, 3.05) is 19.1 Å². The van der Waals surface area contributed by atoms with Gasteiger partial charge in [0.15, 0.2) is 6.10 Å². The van der Waals surface area contributed by atoms with E-state index in [0.717, 1.165) is 18.2 Å². The highest BCUT2D eigenvalue weighted by Gasteiger charge is 2.32. The summed E-state index contributed by atoms with van der Waals surface area (Å²) in [4.78, 5) is 25.6. The Morgan fingerprint density at radius 2 is 1.83 bits per heavy atom. The maximum absolute atomic E-state index is 15.1. The quantitative estimate of drug-likeness (QED) is 0.434. The van der Waals surface area contributed by atoms with E-state index in [9.17, 15) is 31.5 Å². The minimum atomic E-state index is -3.35. The van der Waals surface area contributed by atoms with Crippen LogP contribution < -0.4 is 20.5 Å². The molecule has 1 fully saturated rings. The molecule has 8 nitrogen and oxygen atoms in total. The summed E-state index contributed by atoms with van der Waals surface area (Å²) in [6.07, 6.45) is -4.41. The lowest BCUT2D eigenvalue weighted by Crippen LogP contribution is -2.29. The molecule has 36 heavy (non-hydrogen) atoms. The van der Waals surface area contributed by atoms with Crippen LogP contribution in [0.15, 0.2) is 35.1 Å². The topological polar surface area (TPSA) is 87.4 Å². The first-order valence-electron chi connectivity index (χ1n) is 10.5. The largest absolute Gasteiger partial charge is 0.481 e. The highest BCUT2D eigenvalue weighted by molar-refractivity contribution is 6.06. The van der Waals surface area contributed by atoms with Crippen LogP contribution in [0.4, 0.5) is 32.0 Å². The van der Waals surface area contributed by atoms with Crippen LogP contribution in [0, 0.1) is 17.5 Å². The van der Waals surface area contributed by atoms with Crippen molar-refractivity contribution in [3.8, 4) is 17.4 Å². The van der Waals surface area contributed by atoms with E-state index in [1.807, 2.05) is 5.32 Å². The Morgan fingerprint density at radius 1 is 1.17 bits per heavy atom. The average molecular weight is 516 g/mol. The van der Waals surface area contributed by atoms with E-state index in [1.165, 1.54) is 11.7 Å². The number of amides is 1. The van der Waals surface area contributed by atoms with E-state index in [0.29, 0.717) is 29.7 Å². The summed E-state index contributed by atoms with van der Waals surface area (Å²) >= 11 is 0. The number of anilines is 1. The number of para-hydroxylation sites is 1. The number of nitrogens with one attached hydrogen (secondary N) is 1. The normalized spacial score (nSPS) is 14.1. The third-order valence-electron chi connectivity index (χ3n) is 5.31. The highest BCUT2D eigenvalue weighted by Crippen LogP contribution is 2.36. The molecule has 1 atom stereocenters. The number of hydrogen-bond acceptors (Lipinski definition) is 5. The Kier molecular flexibility index (Phi) is 6.95. The highest BCUT2D eigenvalue weighted by atomic mass is 19.3. The van der Waals surface area contributed by atoms with Gasteiger partial charge in [-0.3, -0.25) is 4.79 Å². The lowest BCUT2D eigenvalue weighted by atomic mass is 10.1. The number of ether oxygens (including phenoxy) is 2. The van der Waals surface area contributed by atoms with E-state index in [-0.39, 0.29) is 12.1 Å². The Balaban J connectivity index is 1.82. The van der Waals surface area contributed by atoms with Gasteiger partial charge in [0, 0.05) is 12.1 Å². The van der Waals surface area contributed by atoms with Crippen molar-refractivity contribution in [2.24, 2.45) is 0 Å². The standard InChI is InChI=1S/C22H18F6N4O4/c1-35-21-30-32(22(34)31(21)10-5-6-10)15-8-16(36-17(9-23)19(27)28)11(7-14(15)26)20(33)29-18-12(24)3-2-4-13(18)25/h2-4,7-8,10,17,19H,5-6,9H2,1H3,(H,29,33)/t17-/m0/s1. The summed E-state index contributed by atoms with van der Waals surface area (Å²) in [5.74, 6) is -5.70. The van der Waals surface area contributed by atoms with Gasteiger partial charge in [-0.05, 0) is 31.0 Å². The second-order valence-electron chi connectivity index (χ2n) is 7.78. The molecule has 14 heteroatoms. The molecular weight excluding hydrogens is 498 g/mol. The Labute approximate surface area is 199 Å². The molecular formula is C22H18F6N4O4. The number of carbonyl (C=O) groups excluding carboxylic acids is 1. The molecule has 3 aromatic rings. The Morgan fingerprint density at radius 3 is 2.39 bits per heavy atom. The molecule has 1 amide bonds. The third kappa shape index (κ3) is 4.75. The lowest BCUT2D eigenvalue weighted by Gasteiger charge is -2.19. The van der Waals surface area contributed by atoms with Crippen LogP contribution in [0.3, 0.4) is 0 Å². The molecule has 0 bridgehead atoms. The predicted octanol–water partition coefficient (Wildman–Crippen LogP) is 4.03. The van der Waals surface area contributed by atoms with Gasteiger partial charge in [0.05, 0.1) is 12.7 Å². The van der Waals surface area contributed by atoms with Gasteiger partial charge in [-0.1, -0.05) is 6.07 Å². The van der Waals surface area contributed by atoms with Gasteiger partial charge in [-0.25, -0.2) is 35.7 Å². The molecule has 1 aliphatic rings. The number of aromatic nitrogens is 3. The van der Waals surface area contributed by atoms with Crippen molar-refractivity contribution >= 4 is 11.6 Å². The van der Waals surface area contributed by atoms with E-state index < -0.39 is 70.9 Å². The van der Waals surface area contributed by atoms with Crippen LogP contribution in [0.1, 0.15) is 29.2 Å². The number of halogens is 6. The van der Waals surface area contributed by atoms with Crippen LogP contribution in [0.2, 0.25) is 0 Å². The first-order valence-corrected chi connectivity index (χ1v) is 10.5. The first-order chi connectivity index (χ1) is 17.2. The summed E-state index contributed by atoms with van der Waals surface area (Å²) in [6.45, 7) is -1.68. The van der Waals surface area contributed by atoms with Crippen LogP contribution in [-0.4, -0.2) is 46.6 Å². The van der Waals surface area contributed by atoms with Crippen LogP contribution in [-0.2, 0) is 0 Å². The first kappa shape index (κ1) is 25.1. The predicted molar refractivity (Wildman–Crippen MR) is 113 cm³/mol. The molecule has 0 spiro atoms. The van der Waals surface area contributed by atoms with Crippen molar-refractivity contribution in [1.82, 2.24) is 14.3 Å².